The number of benzene rings is 3. The quantitative estimate of drug-likeness (QED) is 0.501. The molecule has 0 heterocycles. The van der Waals surface area contributed by atoms with Gasteiger partial charge in [-0.2, -0.15) is 0 Å². The molecule has 0 saturated heterocycles. The predicted molar refractivity (Wildman–Crippen MR) is 121 cm³/mol. The molecule has 0 aliphatic heterocycles. The van der Waals surface area contributed by atoms with Gasteiger partial charge in [0.1, 0.15) is 5.75 Å². The van der Waals surface area contributed by atoms with Crippen molar-refractivity contribution >= 4 is 40.5 Å². The lowest BCUT2D eigenvalue weighted by molar-refractivity contribution is -0.114. The van der Waals surface area contributed by atoms with Crippen molar-refractivity contribution in [2.45, 2.75) is 6.92 Å². The van der Waals surface area contributed by atoms with Gasteiger partial charge in [0.15, 0.2) is 0 Å². The van der Waals surface area contributed by atoms with Crippen LogP contribution < -0.4 is 20.7 Å². The highest BCUT2D eigenvalue weighted by Crippen LogP contribution is 2.27. The fraction of sp³-hybridized carbons (Fsp3) is 0.130. The molecule has 0 atom stereocenters. The van der Waals surface area contributed by atoms with Gasteiger partial charge >= 0.3 is 0 Å². The van der Waals surface area contributed by atoms with Crippen LogP contribution in [0, 0.1) is 6.92 Å². The Balaban J connectivity index is 1.51. The van der Waals surface area contributed by atoms with Gasteiger partial charge < -0.3 is 20.7 Å². The number of carbonyl (C=O) groups is 2. The number of anilines is 3. The van der Waals surface area contributed by atoms with E-state index >= 15 is 0 Å². The molecule has 0 aliphatic carbocycles. The van der Waals surface area contributed by atoms with Crippen LogP contribution in [0.1, 0.15) is 15.9 Å². The number of methoxy groups -OCH3 is 1. The van der Waals surface area contributed by atoms with Crippen molar-refractivity contribution in [2.75, 3.05) is 29.6 Å². The van der Waals surface area contributed by atoms with E-state index in [0.29, 0.717) is 27.7 Å². The zero-order valence-corrected chi connectivity index (χ0v) is 17.4. The number of hydrogen-bond acceptors (Lipinski definition) is 4. The summed E-state index contributed by atoms with van der Waals surface area (Å²) in [6.07, 6.45) is 0. The second-order valence-electron chi connectivity index (χ2n) is 6.65. The van der Waals surface area contributed by atoms with Crippen molar-refractivity contribution < 1.29 is 14.3 Å². The lowest BCUT2D eigenvalue weighted by Crippen LogP contribution is -2.21. The SMILES string of the molecule is COc1ccc(NC(=O)CNc2ccc(NC(=O)c3cccc(C)c3)cc2)cc1Cl. The molecule has 0 radical (unpaired) electrons. The fourth-order valence-electron chi connectivity index (χ4n) is 2.79. The molecule has 0 bridgehead atoms. The highest BCUT2D eigenvalue weighted by Gasteiger charge is 2.08. The van der Waals surface area contributed by atoms with Crippen LogP contribution in [-0.2, 0) is 4.79 Å². The molecule has 0 spiro atoms. The third-order valence-corrected chi connectivity index (χ3v) is 4.61. The van der Waals surface area contributed by atoms with Gasteiger partial charge in [-0.25, -0.2) is 0 Å². The van der Waals surface area contributed by atoms with Gasteiger partial charge in [0.2, 0.25) is 5.91 Å². The van der Waals surface area contributed by atoms with E-state index in [2.05, 4.69) is 16.0 Å². The topological polar surface area (TPSA) is 79.5 Å². The van der Waals surface area contributed by atoms with Crippen molar-refractivity contribution in [2.24, 2.45) is 0 Å². The van der Waals surface area contributed by atoms with Crippen LogP contribution in [0.3, 0.4) is 0 Å². The largest absolute Gasteiger partial charge is 0.495 e. The maximum absolute atomic E-state index is 12.3. The first-order valence-corrected chi connectivity index (χ1v) is 9.68. The summed E-state index contributed by atoms with van der Waals surface area (Å²) in [5.41, 5.74) is 3.64. The van der Waals surface area contributed by atoms with Crippen LogP contribution in [0.2, 0.25) is 5.02 Å². The summed E-state index contributed by atoms with van der Waals surface area (Å²) in [6, 6.07) is 19.6. The molecule has 30 heavy (non-hydrogen) atoms. The maximum atomic E-state index is 12.3. The normalized spacial score (nSPS) is 10.2. The Labute approximate surface area is 180 Å². The Kier molecular flexibility index (Phi) is 6.93. The second kappa shape index (κ2) is 9.80. The number of carbonyl (C=O) groups excluding carboxylic acids is 2. The average molecular weight is 424 g/mol. The van der Waals surface area contributed by atoms with E-state index in [-0.39, 0.29) is 18.4 Å². The molecule has 0 aliphatic rings. The molecule has 2 amide bonds. The van der Waals surface area contributed by atoms with Crippen LogP contribution in [0.25, 0.3) is 0 Å². The summed E-state index contributed by atoms with van der Waals surface area (Å²) in [5, 5.41) is 9.08. The predicted octanol–water partition coefficient (Wildman–Crippen LogP) is 4.96. The number of hydrogen-bond donors (Lipinski definition) is 3. The average Bonchev–Trinajstić information content (AvgIpc) is 2.73. The molecule has 3 N–H and O–H groups in total. The summed E-state index contributed by atoms with van der Waals surface area (Å²) in [6.45, 7) is 2.02. The number of amides is 2. The summed E-state index contributed by atoms with van der Waals surface area (Å²) in [7, 11) is 1.53. The Morgan fingerprint density at radius 3 is 2.27 bits per heavy atom. The molecular weight excluding hydrogens is 402 g/mol. The minimum atomic E-state index is -0.215. The number of aryl methyl sites for hydroxylation is 1. The Morgan fingerprint density at radius 1 is 0.900 bits per heavy atom. The number of nitrogens with one attached hydrogen (secondary N) is 3. The minimum absolute atomic E-state index is 0.0820. The minimum Gasteiger partial charge on any atom is -0.495 e. The summed E-state index contributed by atoms with van der Waals surface area (Å²) >= 11 is 6.06. The van der Waals surface area contributed by atoms with E-state index in [4.69, 9.17) is 16.3 Å². The molecule has 0 unspecified atom stereocenters. The molecule has 6 nitrogen and oxygen atoms in total. The molecule has 3 aromatic carbocycles. The zero-order chi connectivity index (χ0) is 21.5. The maximum Gasteiger partial charge on any atom is 0.255 e. The summed E-state index contributed by atoms with van der Waals surface area (Å²) < 4.78 is 5.09. The van der Waals surface area contributed by atoms with Crippen LogP contribution in [0.15, 0.2) is 66.7 Å². The van der Waals surface area contributed by atoms with Gasteiger partial charge in [0, 0.05) is 22.6 Å². The van der Waals surface area contributed by atoms with E-state index < -0.39 is 0 Å². The van der Waals surface area contributed by atoms with E-state index in [0.717, 1.165) is 11.3 Å². The Bertz CT molecular complexity index is 1050. The van der Waals surface area contributed by atoms with Gasteiger partial charge in [-0.05, 0) is 61.5 Å². The summed E-state index contributed by atoms with van der Waals surface area (Å²) in [5.74, 6) is 0.160. The molecule has 3 rings (SSSR count). The van der Waals surface area contributed by atoms with Crippen molar-refractivity contribution in [1.82, 2.24) is 0 Å². The third-order valence-electron chi connectivity index (χ3n) is 4.31. The molecule has 3 aromatic rings. The van der Waals surface area contributed by atoms with E-state index in [1.165, 1.54) is 7.11 Å². The highest BCUT2D eigenvalue weighted by molar-refractivity contribution is 6.32. The molecular formula is C23H22ClN3O3. The van der Waals surface area contributed by atoms with Crippen molar-refractivity contribution in [3.8, 4) is 5.75 Å². The Hall–Kier alpha value is -3.51. The Morgan fingerprint density at radius 2 is 1.60 bits per heavy atom. The molecule has 0 aromatic heterocycles. The lowest BCUT2D eigenvalue weighted by Gasteiger charge is -2.10. The smallest absolute Gasteiger partial charge is 0.255 e. The van der Waals surface area contributed by atoms with Gasteiger partial charge in [-0.15, -0.1) is 0 Å². The van der Waals surface area contributed by atoms with Gasteiger partial charge in [-0.3, -0.25) is 9.59 Å². The van der Waals surface area contributed by atoms with Gasteiger partial charge in [-0.1, -0.05) is 29.3 Å². The van der Waals surface area contributed by atoms with Crippen LogP contribution >= 0.6 is 11.6 Å². The van der Waals surface area contributed by atoms with Crippen molar-refractivity contribution in [3.05, 3.63) is 82.9 Å². The first-order chi connectivity index (χ1) is 14.4. The molecule has 154 valence electrons. The standard InChI is InChI=1S/C23H22ClN3O3/c1-15-4-3-5-16(12-15)23(29)27-18-8-6-17(7-9-18)25-14-22(28)26-19-10-11-21(30-2)20(24)13-19/h3-13,25H,14H2,1-2H3,(H,26,28)(H,27,29). The highest BCUT2D eigenvalue weighted by atomic mass is 35.5. The van der Waals surface area contributed by atoms with Crippen LogP contribution in [0.5, 0.6) is 5.75 Å². The molecule has 0 fully saturated rings. The van der Waals surface area contributed by atoms with E-state index in [1.807, 2.05) is 25.1 Å². The van der Waals surface area contributed by atoms with Gasteiger partial charge in [0.05, 0.1) is 18.7 Å². The van der Waals surface area contributed by atoms with Crippen molar-refractivity contribution in [3.63, 3.8) is 0 Å². The van der Waals surface area contributed by atoms with Gasteiger partial charge in [0.25, 0.3) is 5.91 Å². The van der Waals surface area contributed by atoms with Crippen LogP contribution in [-0.4, -0.2) is 25.5 Å². The monoisotopic (exact) mass is 423 g/mol. The molecule has 7 heteroatoms. The third kappa shape index (κ3) is 5.75. The van der Waals surface area contributed by atoms with Crippen LogP contribution in [0.4, 0.5) is 17.1 Å². The first-order valence-electron chi connectivity index (χ1n) is 9.30. The number of ether oxygens (including phenoxy) is 1. The zero-order valence-electron chi connectivity index (χ0n) is 16.7. The number of rotatable bonds is 7. The van der Waals surface area contributed by atoms with E-state index in [1.54, 1.807) is 48.5 Å². The second-order valence-corrected chi connectivity index (χ2v) is 7.06. The van der Waals surface area contributed by atoms with Crippen molar-refractivity contribution in [1.29, 1.82) is 0 Å². The number of halogens is 1. The fourth-order valence-corrected chi connectivity index (χ4v) is 3.05. The summed E-state index contributed by atoms with van der Waals surface area (Å²) in [4.78, 5) is 24.5. The lowest BCUT2D eigenvalue weighted by atomic mass is 10.1. The van der Waals surface area contributed by atoms with E-state index in [9.17, 15) is 9.59 Å². The molecule has 0 saturated carbocycles. The first kappa shape index (κ1) is 21.2.